The summed E-state index contributed by atoms with van der Waals surface area (Å²) in [5.74, 6) is -0.179. The monoisotopic (exact) mass is 418 g/mol. The molecule has 5 rings (SSSR count). The van der Waals surface area contributed by atoms with Crippen molar-refractivity contribution in [3.8, 4) is 5.75 Å². The summed E-state index contributed by atoms with van der Waals surface area (Å²) in [5.41, 5.74) is 1.97. The maximum atomic E-state index is 13.4. The molecule has 2 aromatic carbocycles. The number of ether oxygens (including phenoxy) is 2. The Kier molecular flexibility index (Phi) is 4.63. The van der Waals surface area contributed by atoms with Crippen molar-refractivity contribution in [2.75, 3.05) is 23.9 Å². The third kappa shape index (κ3) is 3.13. The Morgan fingerprint density at radius 3 is 2.52 bits per heavy atom. The molecule has 2 amide bonds. The Labute approximate surface area is 181 Å². The number of nitrogens with one attached hydrogen (secondary N) is 1. The first kappa shape index (κ1) is 19.8. The van der Waals surface area contributed by atoms with Crippen LogP contribution in [-0.2, 0) is 14.3 Å². The zero-order valence-electron chi connectivity index (χ0n) is 17.9. The lowest BCUT2D eigenvalue weighted by Gasteiger charge is -2.23. The van der Waals surface area contributed by atoms with E-state index < -0.39 is 17.4 Å². The summed E-state index contributed by atoms with van der Waals surface area (Å²) in [7, 11) is 1.61. The van der Waals surface area contributed by atoms with Crippen LogP contribution in [0.4, 0.5) is 11.4 Å². The Hall–Kier alpha value is -3.12. The number of fused-ring (bicyclic) bond motifs is 1. The van der Waals surface area contributed by atoms with Gasteiger partial charge in [0.2, 0.25) is 11.8 Å². The Morgan fingerprint density at radius 2 is 1.87 bits per heavy atom. The molecule has 0 saturated carbocycles. The zero-order chi connectivity index (χ0) is 21.8. The molecule has 4 unspecified atom stereocenters. The zero-order valence-corrected chi connectivity index (χ0v) is 17.9. The van der Waals surface area contributed by atoms with Crippen LogP contribution in [0.25, 0.3) is 0 Å². The molecular formula is C25H26N2O4. The molecule has 160 valence electrons. The second-order valence-corrected chi connectivity index (χ2v) is 8.79. The molecule has 1 N–H and O–H groups in total. The fourth-order valence-corrected chi connectivity index (χ4v) is 4.96. The predicted molar refractivity (Wildman–Crippen MR) is 118 cm³/mol. The molecule has 2 bridgehead atoms. The molecule has 1 spiro atoms. The van der Waals surface area contributed by atoms with Gasteiger partial charge in [-0.2, -0.15) is 0 Å². The van der Waals surface area contributed by atoms with Gasteiger partial charge in [0.25, 0.3) is 0 Å². The maximum Gasteiger partial charge on any atom is 0.234 e. The van der Waals surface area contributed by atoms with E-state index in [0.29, 0.717) is 12.5 Å². The normalized spacial score (nSPS) is 28.3. The van der Waals surface area contributed by atoms with Crippen molar-refractivity contribution in [2.24, 2.45) is 11.8 Å². The summed E-state index contributed by atoms with van der Waals surface area (Å²) in [4.78, 5) is 28.4. The summed E-state index contributed by atoms with van der Waals surface area (Å²) in [6.45, 7) is 4.67. The molecule has 2 saturated heterocycles. The SMILES string of the molecule is COc1ccc(N2CC34C=CC(O3)C(C(=O)Nc3ccc(C(C)C)cc3)C4C2=O)cc1. The minimum atomic E-state index is -0.745. The van der Waals surface area contributed by atoms with Crippen LogP contribution >= 0.6 is 0 Å². The topological polar surface area (TPSA) is 67.9 Å². The highest BCUT2D eigenvalue weighted by Crippen LogP contribution is 2.52. The van der Waals surface area contributed by atoms with E-state index in [0.717, 1.165) is 17.1 Å². The minimum Gasteiger partial charge on any atom is -0.497 e. The standard InChI is InChI=1S/C25H26N2O4/c1-15(2)16-4-6-17(7-5-16)26-23(28)21-20-12-13-25(31-20)14-27(24(29)22(21)25)18-8-10-19(30-3)11-9-18/h4-13,15,20-22H,14H2,1-3H3,(H,26,28). The number of carbonyl (C=O) groups is 2. The van der Waals surface area contributed by atoms with Crippen LogP contribution in [0.3, 0.4) is 0 Å². The number of methoxy groups -OCH3 is 1. The Bertz CT molecular complexity index is 1040. The van der Waals surface area contributed by atoms with Gasteiger partial charge in [0, 0.05) is 11.4 Å². The van der Waals surface area contributed by atoms with Crippen molar-refractivity contribution in [1.29, 1.82) is 0 Å². The first-order valence-corrected chi connectivity index (χ1v) is 10.7. The largest absolute Gasteiger partial charge is 0.497 e. The smallest absolute Gasteiger partial charge is 0.234 e. The van der Waals surface area contributed by atoms with Gasteiger partial charge in [-0.05, 0) is 47.9 Å². The molecule has 0 aliphatic carbocycles. The minimum absolute atomic E-state index is 0.0766. The molecule has 6 heteroatoms. The van der Waals surface area contributed by atoms with Gasteiger partial charge in [-0.25, -0.2) is 0 Å². The molecular weight excluding hydrogens is 392 g/mol. The number of hydrogen-bond donors (Lipinski definition) is 1. The Morgan fingerprint density at radius 1 is 1.16 bits per heavy atom. The van der Waals surface area contributed by atoms with Crippen LogP contribution in [0.15, 0.2) is 60.7 Å². The van der Waals surface area contributed by atoms with E-state index in [-0.39, 0.29) is 17.9 Å². The molecule has 31 heavy (non-hydrogen) atoms. The second-order valence-electron chi connectivity index (χ2n) is 8.79. The third-order valence-electron chi connectivity index (χ3n) is 6.63. The van der Waals surface area contributed by atoms with Crippen LogP contribution < -0.4 is 15.0 Å². The number of benzene rings is 2. The molecule has 3 aliphatic rings. The molecule has 0 aromatic heterocycles. The fraction of sp³-hybridized carbons (Fsp3) is 0.360. The van der Waals surface area contributed by atoms with Crippen molar-refractivity contribution >= 4 is 23.2 Å². The van der Waals surface area contributed by atoms with E-state index in [1.165, 1.54) is 5.56 Å². The molecule has 3 aliphatic heterocycles. The summed E-state index contributed by atoms with van der Waals surface area (Å²) >= 11 is 0. The summed E-state index contributed by atoms with van der Waals surface area (Å²) in [6.07, 6.45) is 3.51. The summed E-state index contributed by atoms with van der Waals surface area (Å²) in [5, 5.41) is 2.99. The molecule has 3 heterocycles. The number of nitrogens with zero attached hydrogens (tertiary/aromatic N) is 1. The van der Waals surface area contributed by atoms with E-state index in [1.807, 2.05) is 60.7 Å². The highest BCUT2D eigenvalue weighted by molar-refractivity contribution is 6.05. The third-order valence-corrected chi connectivity index (χ3v) is 6.63. The van der Waals surface area contributed by atoms with Crippen LogP contribution in [0.1, 0.15) is 25.3 Å². The quantitative estimate of drug-likeness (QED) is 0.751. The lowest BCUT2D eigenvalue weighted by molar-refractivity contribution is -0.128. The lowest BCUT2D eigenvalue weighted by Crippen LogP contribution is -2.41. The van der Waals surface area contributed by atoms with Gasteiger partial charge in [0.1, 0.15) is 11.4 Å². The molecule has 2 fully saturated rings. The number of carbonyl (C=O) groups excluding carboxylic acids is 2. The van der Waals surface area contributed by atoms with E-state index in [2.05, 4.69) is 19.2 Å². The molecule has 6 nitrogen and oxygen atoms in total. The number of amides is 2. The van der Waals surface area contributed by atoms with E-state index in [9.17, 15) is 9.59 Å². The first-order valence-electron chi connectivity index (χ1n) is 10.7. The van der Waals surface area contributed by atoms with Gasteiger partial charge in [-0.1, -0.05) is 38.1 Å². The van der Waals surface area contributed by atoms with E-state index in [4.69, 9.17) is 9.47 Å². The molecule has 4 atom stereocenters. The van der Waals surface area contributed by atoms with Crippen LogP contribution in [0, 0.1) is 11.8 Å². The van der Waals surface area contributed by atoms with Crippen molar-refractivity contribution in [2.45, 2.75) is 31.5 Å². The average molecular weight is 418 g/mol. The van der Waals surface area contributed by atoms with Crippen molar-refractivity contribution in [3.05, 3.63) is 66.2 Å². The number of rotatable bonds is 5. The van der Waals surface area contributed by atoms with Crippen molar-refractivity contribution in [3.63, 3.8) is 0 Å². The first-order chi connectivity index (χ1) is 14.9. The average Bonchev–Trinajstić information content (AvgIpc) is 3.42. The summed E-state index contributed by atoms with van der Waals surface area (Å²) < 4.78 is 11.4. The number of hydrogen-bond acceptors (Lipinski definition) is 4. The van der Waals surface area contributed by atoms with Gasteiger partial charge in [-0.15, -0.1) is 0 Å². The van der Waals surface area contributed by atoms with Crippen LogP contribution in [-0.4, -0.2) is 37.2 Å². The van der Waals surface area contributed by atoms with Gasteiger partial charge < -0.3 is 19.7 Å². The van der Waals surface area contributed by atoms with Crippen molar-refractivity contribution < 1.29 is 19.1 Å². The second kappa shape index (κ2) is 7.24. The maximum absolute atomic E-state index is 13.4. The van der Waals surface area contributed by atoms with Crippen LogP contribution in [0.5, 0.6) is 5.75 Å². The van der Waals surface area contributed by atoms with Gasteiger partial charge >= 0.3 is 0 Å². The highest BCUT2D eigenvalue weighted by Gasteiger charge is 2.67. The van der Waals surface area contributed by atoms with Gasteiger partial charge in [-0.3, -0.25) is 9.59 Å². The van der Waals surface area contributed by atoms with Gasteiger partial charge in [0.15, 0.2) is 0 Å². The number of anilines is 2. The van der Waals surface area contributed by atoms with Gasteiger partial charge in [0.05, 0.1) is 31.6 Å². The highest BCUT2D eigenvalue weighted by atomic mass is 16.5. The predicted octanol–water partition coefficient (Wildman–Crippen LogP) is 3.74. The van der Waals surface area contributed by atoms with E-state index in [1.54, 1.807) is 12.0 Å². The lowest BCUT2D eigenvalue weighted by atomic mass is 9.76. The molecule has 2 aromatic rings. The fourth-order valence-electron chi connectivity index (χ4n) is 4.96. The molecule has 0 radical (unpaired) electrons. The Balaban J connectivity index is 1.38. The van der Waals surface area contributed by atoms with Crippen molar-refractivity contribution in [1.82, 2.24) is 0 Å². The summed E-state index contributed by atoms with van der Waals surface area (Å²) in [6, 6.07) is 15.2. The van der Waals surface area contributed by atoms with E-state index >= 15 is 0 Å². The van der Waals surface area contributed by atoms with Crippen LogP contribution in [0.2, 0.25) is 0 Å².